The maximum absolute atomic E-state index is 5.30. The van der Waals surface area contributed by atoms with Crippen LogP contribution in [-0.2, 0) is 0 Å². The Balaban J connectivity index is 2.52. The zero-order valence-electron chi connectivity index (χ0n) is 10.2. The molecule has 1 heterocycles. The van der Waals surface area contributed by atoms with Gasteiger partial charge in [0.25, 0.3) is 0 Å². The van der Waals surface area contributed by atoms with Crippen molar-refractivity contribution in [3.63, 3.8) is 0 Å². The van der Waals surface area contributed by atoms with E-state index in [4.69, 9.17) is 4.74 Å². The first-order valence-electron chi connectivity index (χ1n) is 5.94. The summed E-state index contributed by atoms with van der Waals surface area (Å²) in [6.45, 7) is 4.60. The minimum atomic E-state index is -0.822. The summed E-state index contributed by atoms with van der Waals surface area (Å²) < 4.78 is 7.79. The second-order valence-corrected chi connectivity index (χ2v) is 7.62. The summed E-state index contributed by atoms with van der Waals surface area (Å²) in [5.74, 6) is 0.951. The number of hydrogen-bond donors (Lipinski definition) is 0. The molecule has 0 fully saturated rings. The molecule has 1 aromatic carbocycles. The molecule has 0 atom stereocenters. The predicted molar refractivity (Wildman–Crippen MR) is 72.0 cm³/mol. The third-order valence-corrected chi connectivity index (χ3v) is 6.39. The number of fused-ring (bicyclic) bond motifs is 1. The van der Waals surface area contributed by atoms with Crippen LogP contribution in [0.25, 0.3) is 10.9 Å². The second kappa shape index (κ2) is 4.74. The third kappa shape index (κ3) is 1.87. The van der Waals surface area contributed by atoms with E-state index in [9.17, 15) is 0 Å². The van der Waals surface area contributed by atoms with E-state index in [0.29, 0.717) is 0 Å². The monoisotopic (exact) mass is 233 g/mol. The highest BCUT2D eigenvalue weighted by molar-refractivity contribution is 6.58. The van der Waals surface area contributed by atoms with Gasteiger partial charge in [0.15, 0.2) is 0 Å². The molecule has 3 heteroatoms. The summed E-state index contributed by atoms with van der Waals surface area (Å²) in [5.41, 5.74) is 1.33. The normalized spacial score (nSPS) is 11.2. The Morgan fingerprint density at radius 2 is 1.94 bits per heavy atom. The lowest BCUT2D eigenvalue weighted by Gasteiger charge is -2.14. The minimum Gasteiger partial charge on any atom is -0.497 e. The van der Waals surface area contributed by atoms with E-state index in [2.05, 4.69) is 42.5 Å². The molecule has 0 aliphatic rings. The van der Waals surface area contributed by atoms with Crippen LogP contribution in [0.5, 0.6) is 5.75 Å². The number of rotatable bonds is 4. The van der Waals surface area contributed by atoms with Crippen molar-refractivity contribution in [2.45, 2.75) is 25.9 Å². The van der Waals surface area contributed by atoms with Crippen LogP contribution in [0.3, 0.4) is 0 Å². The maximum atomic E-state index is 5.30. The largest absolute Gasteiger partial charge is 0.497 e. The van der Waals surface area contributed by atoms with Gasteiger partial charge in [-0.15, -0.1) is 0 Å². The van der Waals surface area contributed by atoms with Crippen LogP contribution >= 0.6 is 0 Å². The van der Waals surface area contributed by atoms with E-state index in [-0.39, 0.29) is 0 Å². The van der Waals surface area contributed by atoms with Gasteiger partial charge in [-0.3, -0.25) is 0 Å². The van der Waals surface area contributed by atoms with E-state index >= 15 is 0 Å². The van der Waals surface area contributed by atoms with E-state index in [1.165, 1.54) is 23.0 Å². The molecular formula is C13H19NOSi. The van der Waals surface area contributed by atoms with Gasteiger partial charge in [-0.1, -0.05) is 13.8 Å². The van der Waals surface area contributed by atoms with Gasteiger partial charge >= 0.3 is 0 Å². The Morgan fingerprint density at radius 3 is 2.56 bits per heavy atom. The first kappa shape index (κ1) is 11.3. The van der Waals surface area contributed by atoms with Gasteiger partial charge in [-0.05, 0) is 41.9 Å². The van der Waals surface area contributed by atoms with Crippen molar-refractivity contribution in [2.75, 3.05) is 7.11 Å². The van der Waals surface area contributed by atoms with Crippen LogP contribution in [0.4, 0.5) is 0 Å². The molecule has 16 heavy (non-hydrogen) atoms. The number of hydrogen-bond acceptors (Lipinski definition) is 1. The Hall–Kier alpha value is -1.22. The SMILES string of the molecule is CC[SiH](CC)n1ccc2ccc(OC)cc21. The number of nitrogens with zero attached hydrogens (tertiary/aromatic N) is 1. The van der Waals surface area contributed by atoms with Crippen LogP contribution in [-0.4, -0.2) is 20.3 Å². The summed E-state index contributed by atoms with van der Waals surface area (Å²) in [4.78, 5) is 0. The molecule has 86 valence electrons. The van der Waals surface area contributed by atoms with Crippen molar-refractivity contribution >= 4 is 19.9 Å². The van der Waals surface area contributed by atoms with E-state index in [1.54, 1.807) is 7.11 Å². The van der Waals surface area contributed by atoms with Gasteiger partial charge in [0.2, 0.25) is 0 Å². The average molecular weight is 233 g/mol. The molecule has 0 saturated heterocycles. The molecule has 0 bridgehead atoms. The Labute approximate surface area is 98.5 Å². The first-order chi connectivity index (χ1) is 7.80. The lowest BCUT2D eigenvalue weighted by Crippen LogP contribution is -2.20. The molecule has 2 aromatic rings. The molecule has 2 nitrogen and oxygen atoms in total. The molecule has 0 aliphatic heterocycles. The summed E-state index contributed by atoms with van der Waals surface area (Å²) >= 11 is 0. The van der Waals surface area contributed by atoms with Crippen molar-refractivity contribution in [3.05, 3.63) is 30.5 Å². The fraction of sp³-hybridized carbons (Fsp3) is 0.385. The Morgan fingerprint density at radius 1 is 1.19 bits per heavy atom. The molecule has 1 aromatic heterocycles. The zero-order chi connectivity index (χ0) is 11.5. The molecular weight excluding hydrogens is 214 g/mol. The van der Waals surface area contributed by atoms with Gasteiger partial charge in [-0.25, -0.2) is 0 Å². The summed E-state index contributed by atoms with van der Waals surface area (Å²) in [5, 5.41) is 1.32. The average Bonchev–Trinajstić information content (AvgIpc) is 2.74. The van der Waals surface area contributed by atoms with Crippen LogP contribution in [0, 0.1) is 0 Å². The lowest BCUT2D eigenvalue weighted by molar-refractivity contribution is 0.415. The van der Waals surface area contributed by atoms with Crippen LogP contribution in [0.1, 0.15) is 13.8 Å². The van der Waals surface area contributed by atoms with Crippen LogP contribution in [0.2, 0.25) is 12.1 Å². The molecule has 0 aliphatic carbocycles. The molecule has 0 unspecified atom stereocenters. The van der Waals surface area contributed by atoms with Crippen LogP contribution in [0.15, 0.2) is 30.5 Å². The smallest absolute Gasteiger partial charge is 0.145 e. The van der Waals surface area contributed by atoms with Crippen molar-refractivity contribution < 1.29 is 4.74 Å². The highest BCUT2D eigenvalue weighted by atomic mass is 28.3. The fourth-order valence-electron chi connectivity index (χ4n) is 2.26. The standard InChI is InChI=1S/C13H19NOSi/c1-4-16(5-2)14-9-8-11-6-7-12(15-3)10-13(11)14/h6-10,16H,4-5H2,1-3H3. The summed E-state index contributed by atoms with van der Waals surface area (Å²) in [6.07, 6.45) is 2.24. The van der Waals surface area contributed by atoms with Crippen molar-refractivity contribution in [1.29, 1.82) is 0 Å². The van der Waals surface area contributed by atoms with Gasteiger partial charge in [-0.2, -0.15) is 0 Å². The highest BCUT2D eigenvalue weighted by Crippen LogP contribution is 2.23. The van der Waals surface area contributed by atoms with Crippen molar-refractivity contribution in [1.82, 2.24) is 4.23 Å². The summed E-state index contributed by atoms with van der Waals surface area (Å²) in [6, 6.07) is 11.1. The van der Waals surface area contributed by atoms with E-state index < -0.39 is 8.96 Å². The van der Waals surface area contributed by atoms with Gasteiger partial charge in [0.1, 0.15) is 14.7 Å². The van der Waals surface area contributed by atoms with Gasteiger partial charge < -0.3 is 8.97 Å². The number of aromatic nitrogens is 1. The number of methoxy groups -OCH3 is 1. The van der Waals surface area contributed by atoms with Crippen LogP contribution < -0.4 is 4.74 Å². The Bertz CT molecular complexity index is 474. The predicted octanol–water partition coefficient (Wildman–Crippen LogP) is 3.26. The second-order valence-electron chi connectivity index (χ2n) is 4.12. The molecule has 2 rings (SSSR count). The number of ether oxygens (including phenoxy) is 1. The van der Waals surface area contributed by atoms with E-state index in [0.717, 1.165) is 5.75 Å². The molecule has 0 spiro atoms. The quantitative estimate of drug-likeness (QED) is 0.739. The maximum Gasteiger partial charge on any atom is 0.145 e. The Kier molecular flexibility index (Phi) is 3.34. The molecule has 0 radical (unpaired) electrons. The number of benzene rings is 1. The molecule has 0 saturated carbocycles. The molecule has 0 N–H and O–H groups in total. The van der Waals surface area contributed by atoms with Crippen molar-refractivity contribution in [2.24, 2.45) is 0 Å². The third-order valence-electron chi connectivity index (χ3n) is 3.27. The first-order valence-corrected chi connectivity index (χ1v) is 8.09. The lowest BCUT2D eigenvalue weighted by atomic mass is 10.2. The fourth-order valence-corrected chi connectivity index (χ4v) is 4.57. The van der Waals surface area contributed by atoms with Gasteiger partial charge in [0.05, 0.1) is 7.11 Å². The zero-order valence-corrected chi connectivity index (χ0v) is 11.4. The van der Waals surface area contributed by atoms with E-state index in [1.807, 2.05) is 6.07 Å². The highest BCUT2D eigenvalue weighted by Gasteiger charge is 2.11. The minimum absolute atomic E-state index is 0.822. The van der Waals surface area contributed by atoms with Gasteiger partial charge in [0, 0.05) is 11.6 Å². The summed E-state index contributed by atoms with van der Waals surface area (Å²) in [7, 11) is 0.903. The topological polar surface area (TPSA) is 14.2 Å². The van der Waals surface area contributed by atoms with Crippen molar-refractivity contribution in [3.8, 4) is 5.75 Å². The molecule has 0 amide bonds.